The monoisotopic (exact) mass is 158 g/mol. The summed E-state index contributed by atoms with van der Waals surface area (Å²) < 4.78 is 0. The van der Waals surface area contributed by atoms with E-state index >= 15 is 0 Å². The Morgan fingerprint density at radius 3 is 2.33 bits per heavy atom. The van der Waals surface area contributed by atoms with Crippen molar-refractivity contribution in [1.82, 2.24) is 0 Å². The highest BCUT2D eigenvalue weighted by Gasteiger charge is 2.21. The van der Waals surface area contributed by atoms with Gasteiger partial charge in [0, 0.05) is 12.3 Å². The second-order valence-corrected chi connectivity index (χ2v) is 3.77. The van der Waals surface area contributed by atoms with Gasteiger partial charge in [-0.1, -0.05) is 34.9 Å². The van der Waals surface area contributed by atoms with Gasteiger partial charge in [0.2, 0.25) is 0 Å². The number of rotatable bonds is 0. The Morgan fingerprint density at radius 2 is 1.58 bits per heavy atom. The van der Waals surface area contributed by atoms with Gasteiger partial charge in [0.1, 0.15) is 0 Å². The molecule has 0 heterocycles. The van der Waals surface area contributed by atoms with Crippen LogP contribution in [0, 0.1) is 12.3 Å². The largest absolute Gasteiger partial charge is 0.0774 e. The first-order valence-electron chi connectivity index (χ1n) is 4.49. The molecule has 0 aliphatic heterocycles. The molecule has 0 aromatic rings. The highest BCUT2D eigenvalue weighted by molar-refractivity contribution is 5.49. The van der Waals surface area contributed by atoms with Gasteiger partial charge in [-0.15, -0.1) is 0 Å². The Bertz CT molecular complexity index is 276. The number of hydrogen-bond donors (Lipinski definition) is 0. The van der Waals surface area contributed by atoms with Gasteiger partial charge in [-0.25, -0.2) is 0 Å². The van der Waals surface area contributed by atoms with Crippen LogP contribution >= 0.6 is 0 Å². The van der Waals surface area contributed by atoms with Crippen LogP contribution in [0.25, 0.3) is 0 Å². The third-order valence-electron chi connectivity index (χ3n) is 2.49. The summed E-state index contributed by atoms with van der Waals surface area (Å²) >= 11 is 0. The van der Waals surface area contributed by atoms with Crippen LogP contribution in [-0.2, 0) is 0 Å². The smallest absolute Gasteiger partial charge is 0.00953 e. The van der Waals surface area contributed by atoms with Gasteiger partial charge in [0.25, 0.3) is 0 Å². The molecule has 0 spiro atoms. The summed E-state index contributed by atoms with van der Waals surface area (Å²) in [6.07, 6.45) is 11.3. The molecule has 0 unspecified atom stereocenters. The summed E-state index contributed by atoms with van der Waals surface area (Å²) in [5.74, 6) is 1.59. The van der Waals surface area contributed by atoms with Crippen molar-refractivity contribution in [3.05, 3.63) is 47.3 Å². The van der Waals surface area contributed by atoms with Crippen LogP contribution in [0.15, 0.2) is 34.9 Å². The standard InChI is InChI=1S/C12H14/c1-9-3-5-11-6-4-10(2)8-12(11)7-9/h3-6H,7-8H2,1-2H3. The van der Waals surface area contributed by atoms with Gasteiger partial charge in [0.05, 0.1) is 0 Å². The highest BCUT2D eigenvalue weighted by atomic mass is 14.2. The fourth-order valence-corrected chi connectivity index (χ4v) is 1.81. The molecule has 2 aliphatic carbocycles. The van der Waals surface area contributed by atoms with Crippen LogP contribution < -0.4 is 0 Å². The van der Waals surface area contributed by atoms with Crippen molar-refractivity contribution in [2.75, 3.05) is 0 Å². The minimum Gasteiger partial charge on any atom is -0.0774 e. The highest BCUT2D eigenvalue weighted by Crippen LogP contribution is 2.37. The first-order chi connectivity index (χ1) is 5.75. The van der Waals surface area contributed by atoms with E-state index in [2.05, 4.69) is 38.5 Å². The molecular formula is C12H14. The van der Waals surface area contributed by atoms with Crippen molar-refractivity contribution in [3.8, 4) is 0 Å². The molecule has 12 heavy (non-hydrogen) atoms. The zero-order valence-corrected chi connectivity index (χ0v) is 7.72. The van der Waals surface area contributed by atoms with E-state index in [1.165, 1.54) is 29.6 Å². The molecule has 2 aliphatic rings. The molecule has 2 radical (unpaired) electrons. The molecule has 0 saturated carbocycles. The third kappa shape index (κ3) is 1.38. The predicted molar refractivity (Wildman–Crippen MR) is 52.4 cm³/mol. The topological polar surface area (TPSA) is 0 Å². The molecule has 0 N–H and O–H groups in total. The van der Waals surface area contributed by atoms with Crippen molar-refractivity contribution in [2.24, 2.45) is 0 Å². The molecule has 0 saturated heterocycles. The second-order valence-electron chi connectivity index (χ2n) is 3.77. The Morgan fingerprint density at radius 1 is 0.917 bits per heavy atom. The first kappa shape index (κ1) is 7.85. The van der Waals surface area contributed by atoms with Gasteiger partial charge in [0.15, 0.2) is 0 Å². The summed E-state index contributed by atoms with van der Waals surface area (Å²) in [6, 6.07) is 0. The maximum absolute atomic E-state index is 2.23. The lowest BCUT2D eigenvalue weighted by Crippen LogP contribution is -2.10. The van der Waals surface area contributed by atoms with Gasteiger partial charge < -0.3 is 0 Å². The van der Waals surface area contributed by atoms with E-state index in [1.807, 2.05) is 0 Å². The summed E-state index contributed by atoms with van der Waals surface area (Å²) in [7, 11) is 0. The normalized spacial score (nSPS) is 24.0. The van der Waals surface area contributed by atoms with Gasteiger partial charge in [-0.3, -0.25) is 0 Å². The Balaban J connectivity index is 2.23. The molecule has 62 valence electrons. The number of fused-ring (bicyclic) bond motifs is 1. The van der Waals surface area contributed by atoms with Crippen LogP contribution in [0.1, 0.15) is 26.7 Å². The van der Waals surface area contributed by atoms with E-state index in [1.54, 1.807) is 5.92 Å². The molecule has 0 amide bonds. The molecule has 0 fully saturated rings. The predicted octanol–water partition coefficient (Wildman–Crippen LogP) is 3.39. The summed E-state index contributed by atoms with van der Waals surface area (Å²) in [5.41, 5.74) is 4.40. The van der Waals surface area contributed by atoms with E-state index in [0.29, 0.717) is 0 Å². The fraction of sp³-hybridized carbons (Fsp3) is 0.333. The van der Waals surface area contributed by atoms with E-state index in [-0.39, 0.29) is 0 Å². The van der Waals surface area contributed by atoms with Crippen molar-refractivity contribution >= 4 is 0 Å². The summed E-state index contributed by atoms with van der Waals surface area (Å²) in [5, 5.41) is 0. The first-order valence-corrected chi connectivity index (χ1v) is 4.49. The summed E-state index contributed by atoms with van der Waals surface area (Å²) in [4.78, 5) is 0. The van der Waals surface area contributed by atoms with Crippen molar-refractivity contribution in [3.63, 3.8) is 0 Å². The van der Waals surface area contributed by atoms with E-state index in [0.717, 1.165) is 0 Å². The Labute approximate surface area is 74.7 Å². The average molecular weight is 158 g/mol. The van der Waals surface area contributed by atoms with E-state index in [9.17, 15) is 0 Å². The molecule has 0 aromatic heterocycles. The Kier molecular flexibility index (Phi) is 1.92. The lowest BCUT2D eigenvalue weighted by Gasteiger charge is -2.26. The minimum absolute atomic E-state index is 1.17. The maximum Gasteiger partial charge on any atom is 0.00953 e. The molecular weight excluding hydrogens is 144 g/mol. The van der Waals surface area contributed by atoms with Crippen LogP contribution in [0.5, 0.6) is 0 Å². The van der Waals surface area contributed by atoms with Crippen LogP contribution in [0.2, 0.25) is 0 Å². The van der Waals surface area contributed by atoms with Crippen molar-refractivity contribution in [2.45, 2.75) is 26.7 Å². The molecule has 0 atom stereocenters. The molecule has 0 bridgehead atoms. The van der Waals surface area contributed by atoms with Gasteiger partial charge in [-0.2, -0.15) is 0 Å². The lowest BCUT2D eigenvalue weighted by atomic mass is 9.78. The van der Waals surface area contributed by atoms with Gasteiger partial charge in [-0.05, 0) is 26.7 Å². The summed E-state index contributed by atoms with van der Waals surface area (Å²) in [6.45, 7) is 4.40. The van der Waals surface area contributed by atoms with E-state index in [4.69, 9.17) is 0 Å². The quantitative estimate of drug-likeness (QED) is 0.507. The average Bonchev–Trinajstić information content (AvgIpc) is 2.03. The SMILES string of the molecule is CC1=C[CH]C2=CC=C(C)C[C]2C1. The third-order valence-corrected chi connectivity index (χ3v) is 2.49. The molecule has 0 heteroatoms. The Hall–Kier alpha value is -0.780. The van der Waals surface area contributed by atoms with E-state index < -0.39 is 0 Å². The second kappa shape index (κ2) is 2.93. The fourth-order valence-electron chi connectivity index (χ4n) is 1.81. The van der Waals surface area contributed by atoms with Crippen molar-refractivity contribution < 1.29 is 0 Å². The molecule has 0 nitrogen and oxygen atoms in total. The number of allylic oxidation sites excluding steroid dienone is 6. The zero-order valence-electron chi connectivity index (χ0n) is 7.72. The maximum atomic E-state index is 2.23. The zero-order chi connectivity index (χ0) is 8.55. The van der Waals surface area contributed by atoms with Crippen LogP contribution in [0.4, 0.5) is 0 Å². The molecule has 0 aromatic carbocycles. The minimum atomic E-state index is 1.17. The number of hydrogen-bond acceptors (Lipinski definition) is 0. The van der Waals surface area contributed by atoms with Gasteiger partial charge >= 0.3 is 0 Å². The molecule has 2 rings (SSSR count). The van der Waals surface area contributed by atoms with Crippen LogP contribution in [-0.4, -0.2) is 0 Å². The van der Waals surface area contributed by atoms with Crippen LogP contribution in [0.3, 0.4) is 0 Å². The lowest BCUT2D eigenvalue weighted by molar-refractivity contribution is 0.841. The van der Waals surface area contributed by atoms with Crippen molar-refractivity contribution in [1.29, 1.82) is 0 Å².